The number of ether oxygens (including phenoxy) is 1. The zero-order valence-electron chi connectivity index (χ0n) is 22.9. The van der Waals surface area contributed by atoms with E-state index in [2.05, 4.69) is 4.98 Å². The van der Waals surface area contributed by atoms with Crippen LogP contribution >= 0.6 is 11.3 Å². The van der Waals surface area contributed by atoms with E-state index >= 15 is 0 Å². The summed E-state index contributed by atoms with van der Waals surface area (Å²) in [6.45, 7) is 5.44. The van der Waals surface area contributed by atoms with Gasteiger partial charge in [0.1, 0.15) is 10.8 Å². The molecule has 0 spiro atoms. The fraction of sp³-hybridized carbons (Fsp3) is 0.483. The van der Waals surface area contributed by atoms with E-state index in [1.54, 1.807) is 47.3 Å². The Kier molecular flexibility index (Phi) is 8.35. The van der Waals surface area contributed by atoms with Crippen molar-refractivity contribution in [2.24, 2.45) is 0 Å². The number of carbonyl (C=O) groups excluding carboxylic acids is 1. The highest BCUT2D eigenvalue weighted by Crippen LogP contribution is 2.34. The normalized spacial score (nSPS) is 18.1. The molecule has 1 unspecified atom stereocenters. The number of aromatic nitrogens is 2. The van der Waals surface area contributed by atoms with Crippen molar-refractivity contribution in [1.82, 2.24) is 19.2 Å². The molecule has 1 atom stereocenters. The Morgan fingerprint density at radius 2 is 1.87 bits per heavy atom. The number of pyridine rings is 1. The lowest BCUT2D eigenvalue weighted by Gasteiger charge is -2.35. The third-order valence-corrected chi connectivity index (χ3v) is 11.1. The molecule has 1 fully saturated rings. The SMILES string of the molecule is COc1cc(C)c(S(=O)(=O)N2CCCCC2CCCC(=O)N2CCc3nc(-c4ccncc4)sc3C2)c(C)c1. The maximum absolute atomic E-state index is 13.8. The predicted octanol–water partition coefficient (Wildman–Crippen LogP) is 5.13. The highest BCUT2D eigenvalue weighted by molar-refractivity contribution is 7.89. The van der Waals surface area contributed by atoms with Crippen molar-refractivity contribution < 1.29 is 17.9 Å². The van der Waals surface area contributed by atoms with Gasteiger partial charge in [0.05, 0.1) is 24.2 Å². The summed E-state index contributed by atoms with van der Waals surface area (Å²) in [6.07, 6.45) is 8.77. The number of aryl methyl sites for hydroxylation is 2. The highest BCUT2D eigenvalue weighted by Gasteiger charge is 2.35. The Hall–Kier alpha value is -2.82. The average Bonchev–Trinajstić information content (AvgIpc) is 3.37. The number of hydrogen-bond donors (Lipinski definition) is 0. The number of benzene rings is 1. The molecule has 5 rings (SSSR count). The van der Waals surface area contributed by atoms with Crippen LogP contribution in [0.3, 0.4) is 0 Å². The van der Waals surface area contributed by atoms with Gasteiger partial charge in [0, 0.05) is 54.8 Å². The molecule has 0 aliphatic carbocycles. The van der Waals surface area contributed by atoms with Crippen LogP contribution in [0.5, 0.6) is 5.75 Å². The molecule has 4 heterocycles. The van der Waals surface area contributed by atoms with E-state index in [1.807, 2.05) is 30.9 Å². The van der Waals surface area contributed by atoms with Crippen LogP contribution in [0.1, 0.15) is 60.2 Å². The number of methoxy groups -OCH3 is 1. The summed E-state index contributed by atoms with van der Waals surface area (Å²) in [5, 5.41) is 0.970. The molecule has 2 aromatic heterocycles. The van der Waals surface area contributed by atoms with Crippen LogP contribution in [-0.2, 0) is 27.8 Å². The van der Waals surface area contributed by atoms with E-state index in [4.69, 9.17) is 9.72 Å². The van der Waals surface area contributed by atoms with Gasteiger partial charge >= 0.3 is 0 Å². The molecule has 0 saturated carbocycles. The first-order valence-corrected chi connectivity index (χ1v) is 15.9. The average molecular weight is 569 g/mol. The zero-order valence-corrected chi connectivity index (χ0v) is 24.5. The Labute approximate surface area is 235 Å². The molecular formula is C29H36N4O4S2. The minimum atomic E-state index is -3.65. The summed E-state index contributed by atoms with van der Waals surface area (Å²) < 4.78 is 34.6. The first-order valence-electron chi connectivity index (χ1n) is 13.6. The molecule has 8 nitrogen and oxygen atoms in total. The molecule has 3 aromatic rings. The second kappa shape index (κ2) is 11.7. The molecule has 10 heteroatoms. The van der Waals surface area contributed by atoms with Crippen molar-refractivity contribution in [2.75, 3.05) is 20.2 Å². The summed E-state index contributed by atoms with van der Waals surface area (Å²) in [7, 11) is -2.06. The Bertz CT molecular complexity index is 1420. The molecule has 2 aliphatic heterocycles. The second-order valence-electron chi connectivity index (χ2n) is 10.4. The number of sulfonamides is 1. The summed E-state index contributed by atoms with van der Waals surface area (Å²) in [4.78, 5) is 25.5. The van der Waals surface area contributed by atoms with Gasteiger partial charge in [-0.2, -0.15) is 4.31 Å². The lowest BCUT2D eigenvalue weighted by atomic mass is 9.99. The minimum Gasteiger partial charge on any atom is -0.497 e. The van der Waals surface area contributed by atoms with E-state index in [1.165, 1.54) is 0 Å². The fourth-order valence-electron chi connectivity index (χ4n) is 5.80. The van der Waals surface area contributed by atoms with Gasteiger partial charge in [0.2, 0.25) is 15.9 Å². The van der Waals surface area contributed by atoms with Crippen molar-refractivity contribution in [2.45, 2.75) is 76.3 Å². The largest absolute Gasteiger partial charge is 0.497 e. The number of fused-ring (bicyclic) bond motifs is 1. The molecule has 0 N–H and O–H groups in total. The van der Waals surface area contributed by atoms with Crippen molar-refractivity contribution >= 4 is 27.3 Å². The number of piperidine rings is 1. The first kappa shape index (κ1) is 27.7. The number of amides is 1. The summed E-state index contributed by atoms with van der Waals surface area (Å²) >= 11 is 1.65. The molecule has 0 bridgehead atoms. The van der Waals surface area contributed by atoms with Gasteiger partial charge in [-0.05, 0) is 74.9 Å². The summed E-state index contributed by atoms with van der Waals surface area (Å²) in [6, 6.07) is 7.39. The van der Waals surface area contributed by atoms with E-state index < -0.39 is 10.0 Å². The number of rotatable bonds is 8. The molecule has 1 saturated heterocycles. The maximum atomic E-state index is 13.8. The van der Waals surface area contributed by atoms with Crippen LogP contribution in [0.15, 0.2) is 41.6 Å². The third kappa shape index (κ3) is 5.88. The smallest absolute Gasteiger partial charge is 0.243 e. The number of carbonyl (C=O) groups is 1. The zero-order chi connectivity index (χ0) is 27.6. The van der Waals surface area contributed by atoms with Crippen LogP contribution in [0.4, 0.5) is 0 Å². The van der Waals surface area contributed by atoms with E-state index in [9.17, 15) is 13.2 Å². The Morgan fingerprint density at radius 3 is 2.59 bits per heavy atom. The molecule has 1 amide bonds. The van der Waals surface area contributed by atoms with E-state index in [0.29, 0.717) is 60.7 Å². The number of thiazole rings is 1. The lowest BCUT2D eigenvalue weighted by molar-refractivity contribution is -0.132. The van der Waals surface area contributed by atoms with Gasteiger partial charge in [-0.25, -0.2) is 13.4 Å². The quantitative estimate of drug-likeness (QED) is 0.374. The van der Waals surface area contributed by atoms with Crippen molar-refractivity contribution in [3.05, 3.63) is 58.4 Å². The molecule has 1 aromatic carbocycles. The Balaban J connectivity index is 1.21. The second-order valence-corrected chi connectivity index (χ2v) is 13.3. The van der Waals surface area contributed by atoms with E-state index in [-0.39, 0.29) is 11.9 Å². The molecule has 39 heavy (non-hydrogen) atoms. The summed E-state index contributed by atoms with van der Waals surface area (Å²) in [5.74, 6) is 0.793. The van der Waals surface area contributed by atoms with Crippen LogP contribution < -0.4 is 4.74 Å². The van der Waals surface area contributed by atoms with Crippen LogP contribution in [-0.4, -0.2) is 59.7 Å². The van der Waals surface area contributed by atoms with E-state index in [0.717, 1.165) is 46.8 Å². The summed E-state index contributed by atoms with van der Waals surface area (Å²) in [5.41, 5.74) is 3.54. The highest BCUT2D eigenvalue weighted by atomic mass is 32.2. The lowest BCUT2D eigenvalue weighted by Crippen LogP contribution is -2.44. The fourth-order valence-corrected chi connectivity index (χ4v) is 9.07. The van der Waals surface area contributed by atoms with Gasteiger partial charge in [-0.1, -0.05) is 6.42 Å². The molecule has 2 aliphatic rings. The third-order valence-electron chi connectivity index (χ3n) is 7.75. The number of nitrogens with zero attached hydrogens (tertiary/aromatic N) is 4. The van der Waals surface area contributed by atoms with Gasteiger partial charge in [0.15, 0.2) is 0 Å². The van der Waals surface area contributed by atoms with Crippen molar-refractivity contribution in [3.8, 4) is 16.3 Å². The van der Waals surface area contributed by atoms with Crippen LogP contribution in [0.25, 0.3) is 10.6 Å². The molecular weight excluding hydrogens is 532 g/mol. The van der Waals surface area contributed by atoms with Gasteiger partial charge < -0.3 is 9.64 Å². The van der Waals surface area contributed by atoms with Crippen molar-refractivity contribution in [3.63, 3.8) is 0 Å². The number of hydrogen-bond acceptors (Lipinski definition) is 7. The predicted molar refractivity (Wildman–Crippen MR) is 152 cm³/mol. The Morgan fingerprint density at radius 1 is 1.13 bits per heavy atom. The van der Waals surface area contributed by atoms with Gasteiger partial charge in [0.25, 0.3) is 0 Å². The van der Waals surface area contributed by atoms with Crippen molar-refractivity contribution in [1.29, 1.82) is 0 Å². The molecule has 0 radical (unpaired) electrons. The van der Waals surface area contributed by atoms with Gasteiger partial charge in [-0.15, -0.1) is 11.3 Å². The monoisotopic (exact) mass is 568 g/mol. The minimum absolute atomic E-state index is 0.0881. The maximum Gasteiger partial charge on any atom is 0.243 e. The standard InChI is InChI=1S/C29H36N4O4S2/c1-20-17-24(37-3)18-21(2)28(20)39(35,36)33-15-5-4-7-23(33)8-6-9-27(34)32-16-12-25-26(19-32)38-29(31-25)22-10-13-30-14-11-22/h10-11,13-14,17-18,23H,4-9,12,15-16,19H2,1-3H3. The van der Waals surface area contributed by atoms with Gasteiger partial charge in [-0.3, -0.25) is 9.78 Å². The first-order chi connectivity index (χ1) is 18.8. The topological polar surface area (TPSA) is 92.7 Å². The van der Waals surface area contributed by atoms with Crippen LogP contribution in [0, 0.1) is 13.8 Å². The molecule has 208 valence electrons. The van der Waals surface area contributed by atoms with Crippen LogP contribution in [0.2, 0.25) is 0 Å².